The van der Waals surface area contributed by atoms with Gasteiger partial charge in [-0.2, -0.15) is 0 Å². The zero-order valence-corrected chi connectivity index (χ0v) is 16.3. The number of pyridine rings is 1. The monoisotopic (exact) mass is 373 g/mol. The number of carbonyl (C=O) groups is 1. The van der Waals surface area contributed by atoms with Crippen LogP contribution in [0.1, 0.15) is 45.4 Å². The van der Waals surface area contributed by atoms with Gasteiger partial charge in [-0.25, -0.2) is 9.78 Å². The van der Waals surface area contributed by atoms with E-state index >= 15 is 0 Å². The molecule has 148 valence electrons. The van der Waals surface area contributed by atoms with E-state index in [1.165, 1.54) is 25.7 Å². The van der Waals surface area contributed by atoms with Gasteiger partial charge >= 0.3 is 6.09 Å². The smallest absolute Gasteiger partial charge is 0.354 e. The van der Waals surface area contributed by atoms with Crippen molar-refractivity contribution in [1.29, 1.82) is 0 Å². The molecule has 1 aromatic rings. The van der Waals surface area contributed by atoms with Crippen LogP contribution in [0.25, 0.3) is 0 Å². The van der Waals surface area contributed by atoms with E-state index in [-0.39, 0.29) is 0 Å². The molecular weight excluding hydrogens is 342 g/mol. The lowest BCUT2D eigenvalue weighted by Crippen LogP contribution is -2.50. The third kappa shape index (κ3) is 4.52. The first-order valence-corrected chi connectivity index (χ1v) is 10.4. The standard InChI is InChI=1S/C20H31N5O2/c1-16-5-4-10-25(16)27-20(26)22-17-8-9-21-19(15-17)24-13-11-23(12-14-24)18-6-2-3-7-18/h8-9,15-16,18H,2-7,10-14H2,1H3,(H,21,22,26). The molecule has 1 amide bonds. The fraction of sp³-hybridized carbons (Fsp3) is 0.700. The fourth-order valence-corrected chi connectivity index (χ4v) is 4.54. The van der Waals surface area contributed by atoms with Crippen molar-refractivity contribution in [2.45, 2.75) is 57.5 Å². The maximum atomic E-state index is 12.2. The van der Waals surface area contributed by atoms with Crippen LogP contribution in [-0.2, 0) is 4.84 Å². The topological polar surface area (TPSA) is 60.9 Å². The SMILES string of the molecule is CC1CCCN1OC(=O)Nc1ccnc(N2CCN(C3CCCC3)CC2)c1. The number of rotatable bonds is 4. The molecule has 3 heterocycles. The van der Waals surface area contributed by atoms with E-state index in [0.717, 1.165) is 63.1 Å². The number of aromatic nitrogens is 1. The lowest BCUT2D eigenvalue weighted by atomic mass is 10.2. The lowest BCUT2D eigenvalue weighted by molar-refractivity contribution is -0.0997. The molecule has 3 fully saturated rings. The predicted molar refractivity (Wildman–Crippen MR) is 106 cm³/mol. The second-order valence-electron chi connectivity index (χ2n) is 8.00. The second-order valence-corrected chi connectivity index (χ2v) is 8.00. The summed E-state index contributed by atoms with van der Waals surface area (Å²) in [5.74, 6) is 0.924. The van der Waals surface area contributed by atoms with Crippen LogP contribution in [0.4, 0.5) is 16.3 Å². The van der Waals surface area contributed by atoms with Gasteiger partial charge in [0.25, 0.3) is 0 Å². The number of piperazine rings is 1. The van der Waals surface area contributed by atoms with Gasteiger partial charge in [0.05, 0.1) is 0 Å². The van der Waals surface area contributed by atoms with Crippen molar-refractivity contribution in [3.05, 3.63) is 18.3 Å². The van der Waals surface area contributed by atoms with Crippen molar-refractivity contribution in [2.24, 2.45) is 0 Å². The van der Waals surface area contributed by atoms with Crippen LogP contribution < -0.4 is 10.2 Å². The molecule has 1 atom stereocenters. The highest BCUT2D eigenvalue weighted by molar-refractivity contribution is 5.84. The third-order valence-electron chi connectivity index (χ3n) is 6.16. The number of nitrogens with one attached hydrogen (secondary N) is 1. The molecular formula is C20H31N5O2. The Morgan fingerprint density at radius 2 is 1.89 bits per heavy atom. The zero-order valence-electron chi connectivity index (χ0n) is 16.3. The van der Waals surface area contributed by atoms with Crippen LogP contribution in [0.2, 0.25) is 0 Å². The Balaban J connectivity index is 1.30. The molecule has 1 aromatic heterocycles. The maximum absolute atomic E-state index is 12.2. The van der Waals surface area contributed by atoms with E-state index in [2.05, 4.69) is 27.0 Å². The molecule has 1 unspecified atom stereocenters. The van der Waals surface area contributed by atoms with Gasteiger partial charge in [-0.3, -0.25) is 10.2 Å². The summed E-state index contributed by atoms with van der Waals surface area (Å²) in [7, 11) is 0. The molecule has 7 nitrogen and oxygen atoms in total. The summed E-state index contributed by atoms with van der Waals surface area (Å²) in [6.07, 6.45) is 8.95. The molecule has 1 saturated carbocycles. The minimum absolute atomic E-state index is 0.292. The number of nitrogens with zero attached hydrogens (tertiary/aromatic N) is 4. The molecule has 0 radical (unpaired) electrons. The molecule has 2 aliphatic heterocycles. The van der Waals surface area contributed by atoms with Crippen LogP contribution in [0.5, 0.6) is 0 Å². The van der Waals surface area contributed by atoms with Crippen molar-refractivity contribution >= 4 is 17.6 Å². The Labute approximate surface area is 161 Å². The molecule has 2 saturated heterocycles. The van der Waals surface area contributed by atoms with Crippen molar-refractivity contribution in [3.63, 3.8) is 0 Å². The molecule has 1 aliphatic carbocycles. The molecule has 7 heteroatoms. The zero-order chi connectivity index (χ0) is 18.6. The van der Waals surface area contributed by atoms with Gasteiger partial charge in [0.1, 0.15) is 5.82 Å². The van der Waals surface area contributed by atoms with Crippen molar-refractivity contribution in [3.8, 4) is 0 Å². The first-order valence-electron chi connectivity index (χ1n) is 10.4. The highest BCUT2D eigenvalue weighted by Gasteiger charge is 2.27. The van der Waals surface area contributed by atoms with Gasteiger partial charge in [0.15, 0.2) is 0 Å². The molecule has 0 bridgehead atoms. The Hall–Kier alpha value is -1.86. The largest absolute Gasteiger partial charge is 0.430 e. The van der Waals surface area contributed by atoms with Gasteiger partial charge in [-0.1, -0.05) is 12.8 Å². The van der Waals surface area contributed by atoms with Crippen LogP contribution in [-0.4, -0.2) is 65.8 Å². The van der Waals surface area contributed by atoms with E-state index in [1.54, 1.807) is 11.3 Å². The van der Waals surface area contributed by atoms with Crippen LogP contribution in [0, 0.1) is 0 Å². The minimum atomic E-state index is -0.424. The Morgan fingerprint density at radius 1 is 1.11 bits per heavy atom. The number of hydrogen-bond donors (Lipinski definition) is 1. The number of hydroxylamine groups is 2. The van der Waals surface area contributed by atoms with Crippen molar-refractivity contribution in [2.75, 3.05) is 42.9 Å². The number of amides is 1. The van der Waals surface area contributed by atoms with Crippen LogP contribution in [0.15, 0.2) is 18.3 Å². The highest BCUT2D eigenvalue weighted by atomic mass is 16.7. The Bertz CT molecular complexity index is 641. The van der Waals surface area contributed by atoms with Gasteiger partial charge in [-0.15, -0.1) is 5.06 Å². The summed E-state index contributed by atoms with van der Waals surface area (Å²) < 4.78 is 0. The van der Waals surface area contributed by atoms with Crippen LogP contribution >= 0.6 is 0 Å². The van der Waals surface area contributed by atoms with E-state index in [1.807, 2.05) is 12.1 Å². The lowest BCUT2D eigenvalue weighted by Gasteiger charge is -2.38. The maximum Gasteiger partial charge on any atom is 0.430 e. The third-order valence-corrected chi connectivity index (χ3v) is 6.16. The van der Waals surface area contributed by atoms with Crippen LogP contribution in [0.3, 0.4) is 0 Å². The van der Waals surface area contributed by atoms with Crippen molar-refractivity contribution in [1.82, 2.24) is 14.9 Å². The van der Waals surface area contributed by atoms with Gasteiger partial charge < -0.3 is 9.74 Å². The molecule has 4 rings (SSSR count). The van der Waals surface area contributed by atoms with E-state index < -0.39 is 6.09 Å². The van der Waals surface area contributed by atoms with E-state index in [0.29, 0.717) is 6.04 Å². The number of anilines is 2. The molecule has 3 aliphatic rings. The van der Waals surface area contributed by atoms with Gasteiger partial charge in [-0.05, 0) is 38.7 Å². The first-order chi connectivity index (χ1) is 13.2. The molecule has 0 aromatic carbocycles. The predicted octanol–water partition coefficient (Wildman–Crippen LogP) is 3.09. The normalized spacial score (nSPS) is 25.1. The summed E-state index contributed by atoms with van der Waals surface area (Å²) in [5.41, 5.74) is 0.732. The summed E-state index contributed by atoms with van der Waals surface area (Å²) in [5, 5.41) is 4.61. The summed E-state index contributed by atoms with van der Waals surface area (Å²) in [6.45, 7) is 7.06. The first kappa shape index (κ1) is 18.5. The number of hydrogen-bond acceptors (Lipinski definition) is 6. The van der Waals surface area contributed by atoms with Crippen molar-refractivity contribution < 1.29 is 9.63 Å². The van der Waals surface area contributed by atoms with E-state index in [4.69, 9.17) is 4.84 Å². The van der Waals surface area contributed by atoms with Gasteiger partial charge in [0, 0.05) is 62.8 Å². The molecule has 1 N–H and O–H groups in total. The average Bonchev–Trinajstić information content (AvgIpc) is 3.35. The summed E-state index contributed by atoms with van der Waals surface area (Å²) in [4.78, 5) is 27.1. The van der Waals surface area contributed by atoms with Gasteiger partial charge in [0.2, 0.25) is 0 Å². The summed E-state index contributed by atoms with van der Waals surface area (Å²) in [6, 6.07) is 4.84. The summed E-state index contributed by atoms with van der Waals surface area (Å²) >= 11 is 0. The number of carbonyl (C=O) groups excluding carboxylic acids is 1. The molecule has 27 heavy (non-hydrogen) atoms. The Kier molecular flexibility index (Phi) is 5.78. The highest BCUT2D eigenvalue weighted by Crippen LogP contribution is 2.26. The second kappa shape index (κ2) is 8.44. The minimum Gasteiger partial charge on any atom is -0.354 e. The Morgan fingerprint density at radius 3 is 2.59 bits per heavy atom. The van der Waals surface area contributed by atoms with E-state index in [9.17, 15) is 4.79 Å². The molecule has 0 spiro atoms. The quantitative estimate of drug-likeness (QED) is 0.875. The average molecular weight is 374 g/mol. The fourth-order valence-electron chi connectivity index (χ4n) is 4.54.